The summed E-state index contributed by atoms with van der Waals surface area (Å²) >= 11 is 0. The molecule has 2 rings (SSSR count). The highest BCUT2D eigenvalue weighted by Crippen LogP contribution is 2.09. The van der Waals surface area contributed by atoms with Gasteiger partial charge < -0.3 is 14.2 Å². The average Bonchev–Trinajstić information content (AvgIpc) is 2.30. The number of rotatable bonds is 4. The summed E-state index contributed by atoms with van der Waals surface area (Å²) in [6, 6.07) is 9.88. The van der Waals surface area contributed by atoms with Gasteiger partial charge in [0.05, 0.1) is 19.8 Å². The van der Waals surface area contributed by atoms with Crippen LogP contribution in [0.4, 0.5) is 4.79 Å². The minimum absolute atomic E-state index is 0.176. The van der Waals surface area contributed by atoms with Crippen molar-refractivity contribution in [2.24, 2.45) is 0 Å². The molecule has 1 aliphatic heterocycles. The minimum atomic E-state index is -0.598. The summed E-state index contributed by atoms with van der Waals surface area (Å²) in [7, 11) is 0. The number of hydrogen-bond acceptors (Lipinski definition) is 4. The molecule has 0 aromatic heterocycles. The van der Waals surface area contributed by atoms with Crippen molar-refractivity contribution >= 4 is 6.16 Å². The fourth-order valence-electron chi connectivity index (χ4n) is 1.50. The summed E-state index contributed by atoms with van der Waals surface area (Å²) in [5.74, 6) is 0. The molecule has 1 saturated heterocycles. The Bertz CT molecular complexity index is 336. The summed E-state index contributed by atoms with van der Waals surface area (Å²) in [5.41, 5.74) is 1.11. The summed E-state index contributed by atoms with van der Waals surface area (Å²) in [6.07, 6.45) is -0.0786. The van der Waals surface area contributed by atoms with Gasteiger partial charge in [-0.15, -0.1) is 0 Å². The maximum atomic E-state index is 10.8. The Morgan fingerprint density at radius 1 is 1.31 bits per heavy atom. The van der Waals surface area contributed by atoms with Crippen molar-refractivity contribution in [2.75, 3.05) is 13.2 Å². The SMILES string of the molecule is O=C1OCCC(COCc2ccccc2)O1. The maximum absolute atomic E-state index is 10.8. The Morgan fingerprint density at radius 3 is 2.88 bits per heavy atom. The summed E-state index contributed by atoms with van der Waals surface area (Å²) in [6.45, 7) is 1.37. The monoisotopic (exact) mass is 222 g/mol. The van der Waals surface area contributed by atoms with Crippen LogP contribution in [0.15, 0.2) is 30.3 Å². The van der Waals surface area contributed by atoms with Crippen molar-refractivity contribution in [3.05, 3.63) is 35.9 Å². The Morgan fingerprint density at radius 2 is 2.12 bits per heavy atom. The second kappa shape index (κ2) is 5.51. The lowest BCUT2D eigenvalue weighted by Gasteiger charge is -2.21. The fourth-order valence-corrected chi connectivity index (χ4v) is 1.50. The van der Waals surface area contributed by atoms with Crippen molar-refractivity contribution in [1.82, 2.24) is 0 Å². The molecule has 1 atom stereocenters. The third kappa shape index (κ3) is 3.24. The summed E-state index contributed by atoms with van der Waals surface area (Å²) in [4.78, 5) is 10.8. The molecule has 0 spiro atoms. The molecule has 0 aliphatic carbocycles. The topological polar surface area (TPSA) is 44.8 Å². The molecule has 0 radical (unpaired) electrons. The zero-order valence-corrected chi connectivity index (χ0v) is 8.93. The van der Waals surface area contributed by atoms with Crippen LogP contribution in [0.3, 0.4) is 0 Å². The minimum Gasteiger partial charge on any atom is -0.434 e. The molecule has 1 heterocycles. The predicted octanol–water partition coefficient (Wildman–Crippen LogP) is 2.13. The largest absolute Gasteiger partial charge is 0.508 e. The van der Waals surface area contributed by atoms with Gasteiger partial charge in [0.1, 0.15) is 6.10 Å². The van der Waals surface area contributed by atoms with E-state index in [1.54, 1.807) is 0 Å². The van der Waals surface area contributed by atoms with Gasteiger partial charge in [-0.3, -0.25) is 0 Å². The quantitative estimate of drug-likeness (QED) is 0.732. The van der Waals surface area contributed by atoms with Crippen molar-refractivity contribution in [3.63, 3.8) is 0 Å². The molecular formula is C12H14O4. The van der Waals surface area contributed by atoms with Gasteiger partial charge >= 0.3 is 6.16 Å². The van der Waals surface area contributed by atoms with Crippen LogP contribution in [-0.4, -0.2) is 25.5 Å². The highest BCUT2D eigenvalue weighted by atomic mass is 16.7. The van der Waals surface area contributed by atoms with Crippen molar-refractivity contribution in [2.45, 2.75) is 19.1 Å². The molecule has 0 amide bonds. The molecule has 4 nitrogen and oxygen atoms in total. The summed E-state index contributed by atoms with van der Waals surface area (Å²) < 4.78 is 15.1. The van der Waals surface area contributed by atoms with Crippen LogP contribution in [0.2, 0.25) is 0 Å². The number of ether oxygens (including phenoxy) is 3. The zero-order valence-electron chi connectivity index (χ0n) is 8.93. The third-order valence-corrected chi connectivity index (χ3v) is 2.34. The van der Waals surface area contributed by atoms with Crippen molar-refractivity contribution < 1.29 is 19.0 Å². The van der Waals surface area contributed by atoms with Crippen LogP contribution in [-0.2, 0) is 20.8 Å². The van der Waals surface area contributed by atoms with Crippen LogP contribution in [0, 0.1) is 0 Å². The molecular weight excluding hydrogens is 208 g/mol. The van der Waals surface area contributed by atoms with E-state index in [9.17, 15) is 4.79 Å². The molecule has 4 heteroatoms. The normalized spacial score (nSPS) is 20.0. The highest BCUT2D eigenvalue weighted by Gasteiger charge is 2.21. The zero-order chi connectivity index (χ0) is 11.2. The Kier molecular flexibility index (Phi) is 3.77. The number of hydrogen-bond donors (Lipinski definition) is 0. The fraction of sp³-hybridized carbons (Fsp3) is 0.417. The number of carbonyl (C=O) groups excluding carboxylic acids is 1. The van der Waals surface area contributed by atoms with E-state index in [1.807, 2.05) is 30.3 Å². The lowest BCUT2D eigenvalue weighted by atomic mass is 10.2. The van der Waals surface area contributed by atoms with Gasteiger partial charge in [0, 0.05) is 6.42 Å². The van der Waals surface area contributed by atoms with Gasteiger partial charge in [-0.25, -0.2) is 4.79 Å². The Hall–Kier alpha value is -1.55. The maximum Gasteiger partial charge on any atom is 0.508 e. The van der Waals surface area contributed by atoms with Gasteiger partial charge in [-0.1, -0.05) is 30.3 Å². The van der Waals surface area contributed by atoms with Crippen LogP contribution >= 0.6 is 0 Å². The number of carbonyl (C=O) groups is 1. The number of cyclic esters (lactones) is 2. The van der Waals surface area contributed by atoms with Crippen LogP contribution in [0.5, 0.6) is 0 Å². The van der Waals surface area contributed by atoms with Gasteiger partial charge in [0.15, 0.2) is 0 Å². The predicted molar refractivity (Wildman–Crippen MR) is 56.9 cm³/mol. The van der Waals surface area contributed by atoms with E-state index in [4.69, 9.17) is 9.47 Å². The first-order chi connectivity index (χ1) is 7.84. The van der Waals surface area contributed by atoms with Crippen LogP contribution in [0.25, 0.3) is 0 Å². The highest BCUT2D eigenvalue weighted by molar-refractivity contribution is 5.60. The molecule has 0 bridgehead atoms. The lowest BCUT2D eigenvalue weighted by Crippen LogP contribution is -2.30. The average molecular weight is 222 g/mol. The standard InChI is InChI=1S/C12H14O4/c13-12-15-7-6-11(16-12)9-14-8-10-4-2-1-3-5-10/h1-5,11H,6-9H2. The lowest BCUT2D eigenvalue weighted by molar-refractivity contribution is -0.0580. The van der Waals surface area contributed by atoms with Gasteiger partial charge in [-0.2, -0.15) is 0 Å². The second-order valence-corrected chi connectivity index (χ2v) is 3.63. The first kappa shape index (κ1) is 11.0. The molecule has 1 aromatic rings. The van der Waals surface area contributed by atoms with E-state index in [1.165, 1.54) is 0 Å². The molecule has 0 saturated carbocycles. The first-order valence-corrected chi connectivity index (χ1v) is 5.29. The van der Waals surface area contributed by atoms with Crippen LogP contribution < -0.4 is 0 Å². The number of benzene rings is 1. The van der Waals surface area contributed by atoms with E-state index in [-0.39, 0.29) is 6.10 Å². The Labute approximate surface area is 94.1 Å². The van der Waals surface area contributed by atoms with E-state index in [2.05, 4.69) is 4.74 Å². The van der Waals surface area contributed by atoms with E-state index in [0.29, 0.717) is 26.2 Å². The molecule has 1 unspecified atom stereocenters. The molecule has 0 N–H and O–H groups in total. The molecule has 1 aromatic carbocycles. The van der Waals surface area contributed by atoms with E-state index < -0.39 is 6.16 Å². The van der Waals surface area contributed by atoms with E-state index in [0.717, 1.165) is 5.56 Å². The van der Waals surface area contributed by atoms with Gasteiger partial charge in [0.2, 0.25) is 0 Å². The van der Waals surface area contributed by atoms with Crippen LogP contribution in [0.1, 0.15) is 12.0 Å². The van der Waals surface area contributed by atoms with Gasteiger partial charge in [0.25, 0.3) is 0 Å². The van der Waals surface area contributed by atoms with Crippen molar-refractivity contribution in [1.29, 1.82) is 0 Å². The van der Waals surface area contributed by atoms with Gasteiger partial charge in [-0.05, 0) is 5.56 Å². The molecule has 16 heavy (non-hydrogen) atoms. The first-order valence-electron chi connectivity index (χ1n) is 5.29. The van der Waals surface area contributed by atoms with Crippen molar-refractivity contribution in [3.8, 4) is 0 Å². The molecule has 86 valence electrons. The molecule has 1 fully saturated rings. The van der Waals surface area contributed by atoms with E-state index >= 15 is 0 Å². The summed E-state index contributed by atoms with van der Waals surface area (Å²) in [5, 5.41) is 0. The Balaban J connectivity index is 1.70. The molecule has 1 aliphatic rings. The smallest absolute Gasteiger partial charge is 0.434 e. The second-order valence-electron chi connectivity index (χ2n) is 3.63. The third-order valence-electron chi connectivity index (χ3n) is 2.34.